The molecule has 0 heterocycles. The third kappa shape index (κ3) is 3.03. The van der Waals surface area contributed by atoms with Crippen LogP contribution in [0.5, 0.6) is 0 Å². The third-order valence-corrected chi connectivity index (χ3v) is 4.98. The Kier molecular flexibility index (Phi) is 5.58. The zero-order chi connectivity index (χ0) is 20.4. The van der Waals surface area contributed by atoms with Gasteiger partial charge in [0.1, 0.15) is 0 Å². The van der Waals surface area contributed by atoms with Gasteiger partial charge in [0.2, 0.25) is 6.04 Å². The van der Waals surface area contributed by atoms with Crippen LogP contribution in [-0.4, -0.2) is 42.0 Å². The average molecular weight is 378 g/mol. The van der Waals surface area contributed by atoms with Crippen LogP contribution in [0.25, 0.3) is 0 Å². The highest BCUT2D eigenvalue weighted by molar-refractivity contribution is 6.02. The van der Waals surface area contributed by atoms with Gasteiger partial charge >= 0.3 is 11.9 Å². The summed E-state index contributed by atoms with van der Waals surface area (Å²) in [6, 6.07) is 3.79. The maximum Gasteiger partial charge on any atom is 0.324 e. The van der Waals surface area contributed by atoms with E-state index in [1.807, 2.05) is 0 Å². The van der Waals surface area contributed by atoms with E-state index in [1.54, 1.807) is 0 Å². The fourth-order valence-electron chi connectivity index (χ4n) is 3.89. The van der Waals surface area contributed by atoms with E-state index in [0.717, 1.165) is 20.3 Å². The van der Waals surface area contributed by atoms with Gasteiger partial charge < -0.3 is 9.47 Å². The van der Waals surface area contributed by atoms with Gasteiger partial charge in [-0.05, 0) is 6.42 Å². The van der Waals surface area contributed by atoms with E-state index >= 15 is 0 Å². The van der Waals surface area contributed by atoms with Gasteiger partial charge in [0, 0.05) is 22.5 Å². The summed E-state index contributed by atoms with van der Waals surface area (Å²) < 4.78 is 9.53. The molecule has 2 unspecified atom stereocenters. The van der Waals surface area contributed by atoms with E-state index in [0.29, 0.717) is 0 Å². The fourth-order valence-corrected chi connectivity index (χ4v) is 3.89. The number of carbonyl (C=O) groups excluding carboxylic acids is 2. The van der Waals surface area contributed by atoms with Crippen molar-refractivity contribution in [3.8, 4) is 0 Å². The molecular weight excluding hydrogens is 360 g/mol. The van der Waals surface area contributed by atoms with Crippen molar-refractivity contribution in [1.82, 2.24) is 0 Å². The Morgan fingerprint density at radius 1 is 1.19 bits per heavy atom. The molecule has 0 spiro atoms. The number of rotatable bonds is 6. The van der Waals surface area contributed by atoms with E-state index in [2.05, 4.69) is 6.58 Å². The molecule has 1 aliphatic rings. The number of carbonyl (C=O) groups is 2. The number of hydrogen-bond acceptors (Lipinski definition) is 8. The number of esters is 2. The van der Waals surface area contributed by atoms with Crippen molar-refractivity contribution < 1.29 is 28.9 Å². The van der Waals surface area contributed by atoms with Gasteiger partial charge in [0.05, 0.1) is 25.1 Å². The topological polar surface area (TPSA) is 139 Å². The minimum absolute atomic E-state index is 0.107. The first-order chi connectivity index (χ1) is 12.8. The Hall–Kier alpha value is -3.30. The third-order valence-electron chi connectivity index (χ3n) is 4.98. The molecule has 0 N–H and O–H groups in total. The predicted molar refractivity (Wildman–Crippen MR) is 91.4 cm³/mol. The molecule has 2 rings (SSSR count). The summed E-state index contributed by atoms with van der Waals surface area (Å²) >= 11 is 0. The van der Waals surface area contributed by atoms with Gasteiger partial charge in [-0.1, -0.05) is 24.3 Å². The van der Waals surface area contributed by atoms with Crippen molar-refractivity contribution in [2.45, 2.75) is 18.4 Å². The largest absolute Gasteiger partial charge is 0.468 e. The quantitative estimate of drug-likeness (QED) is 0.240. The normalized spacial score (nSPS) is 23.3. The zero-order valence-electron chi connectivity index (χ0n) is 14.7. The number of nitro groups is 2. The van der Waals surface area contributed by atoms with Gasteiger partial charge in [-0.15, -0.1) is 6.58 Å². The number of hydrogen-bond donors (Lipinski definition) is 0. The second-order valence-corrected chi connectivity index (χ2v) is 6.13. The summed E-state index contributed by atoms with van der Waals surface area (Å²) in [6.07, 6.45) is 0.959. The molecule has 1 aliphatic carbocycles. The van der Waals surface area contributed by atoms with Crippen LogP contribution in [0.15, 0.2) is 36.9 Å². The van der Waals surface area contributed by atoms with Gasteiger partial charge in [-0.3, -0.25) is 29.8 Å². The highest BCUT2D eigenvalue weighted by Gasteiger charge is 2.69. The molecule has 1 fully saturated rings. The van der Waals surface area contributed by atoms with Crippen LogP contribution in [0.2, 0.25) is 0 Å². The number of benzene rings is 1. The lowest BCUT2D eigenvalue weighted by Gasteiger charge is -2.29. The van der Waals surface area contributed by atoms with Crippen molar-refractivity contribution in [2.75, 3.05) is 14.2 Å². The summed E-state index contributed by atoms with van der Waals surface area (Å²) in [4.78, 5) is 47.3. The lowest BCUT2D eigenvalue weighted by atomic mass is 9.72. The van der Waals surface area contributed by atoms with E-state index in [9.17, 15) is 29.8 Å². The Labute approximate surface area is 154 Å². The molecule has 0 radical (unpaired) electrons. The van der Waals surface area contributed by atoms with Crippen molar-refractivity contribution in [2.24, 2.45) is 11.3 Å². The molecule has 0 saturated heterocycles. The first-order valence-corrected chi connectivity index (χ1v) is 7.92. The SMILES string of the molecule is C=CC1CC(C(=O)OC)(C(=O)OC)C(c2ccccc2[N+](=O)[O-])[C@H]1[N+](=O)[O-]. The molecule has 0 bridgehead atoms. The minimum Gasteiger partial charge on any atom is -0.468 e. The standard InChI is InChI=1S/C17H18N2O8/c1-4-10-9-17(15(20)26-2,16(21)27-3)13(14(10)19(24)25)11-7-5-6-8-12(11)18(22)23/h4-8,10,13-14H,1,9H2,2-3H3/t10?,13?,14-/m0/s1. The van der Waals surface area contributed by atoms with Crippen molar-refractivity contribution in [3.05, 3.63) is 62.7 Å². The first kappa shape index (κ1) is 20.0. The molecule has 10 nitrogen and oxygen atoms in total. The van der Waals surface area contributed by atoms with E-state index in [-0.39, 0.29) is 12.0 Å². The maximum absolute atomic E-state index is 12.7. The lowest BCUT2D eigenvalue weighted by Crippen LogP contribution is -2.46. The van der Waals surface area contributed by atoms with Crippen LogP contribution in [0, 0.1) is 31.6 Å². The molecule has 1 aromatic rings. The Bertz CT molecular complexity index is 790. The van der Waals surface area contributed by atoms with Gasteiger partial charge in [-0.2, -0.15) is 0 Å². The second-order valence-electron chi connectivity index (χ2n) is 6.13. The molecule has 0 amide bonds. The van der Waals surface area contributed by atoms with Crippen molar-refractivity contribution >= 4 is 17.6 Å². The number of methoxy groups -OCH3 is 2. The number of nitrogens with zero attached hydrogens (tertiary/aromatic N) is 2. The van der Waals surface area contributed by atoms with Crippen LogP contribution < -0.4 is 0 Å². The predicted octanol–water partition coefficient (Wildman–Crippen LogP) is 1.86. The first-order valence-electron chi connectivity index (χ1n) is 7.92. The molecule has 1 saturated carbocycles. The minimum atomic E-state index is -2.10. The van der Waals surface area contributed by atoms with Gasteiger partial charge in [0.25, 0.3) is 5.69 Å². The number of nitro benzene ring substituents is 1. The zero-order valence-corrected chi connectivity index (χ0v) is 14.7. The molecular formula is C17H18N2O8. The van der Waals surface area contributed by atoms with Crippen LogP contribution in [0.3, 0.4) is 0 Å². The summed E-state index contributed by atoms with van der Waals surface area (Å²) in [5.74, 6) is -4.46. The lowest BCUT2D eigenvalue weighted by molar-refractivity contribution is -0.530. The van der Waals surface area contributed by atoms with Crippen molar-refractivity contribution in [3.63, 3.8) is 0 Å². The molecule has 0 aromatic heterocycles. The second kappa shape index (κ2) is 7.52. The van der Waals surface area contributed by atoms with Crippen molar-refractivity contribution in [1.29, 1.82) is 0 Å². The van der Waals surface area contributed by atoms with E-state index < -0.39 is 50.8 Å². The maximum atomic E-state index is 12.7. The number of para-hydroxylation sites is 1. The van der Waals surface area contributed by atoms with E-state index in [4.69, 9.17) is 9.47 Å². The number of ether oxygens (including phenoxy) is 2. The average Bonchev–Trinajstić information content (AvgIpc) is 3.03. The Balaban J connectivity index is 2.88. The Morgan fingerprint density at radius 2 is 1.74 bits per heavy atom. The Morgan fingerprint density at radius 3 is 2.19 bits per heavy atom. The van der Waals surface area contributed by atoms with Crippen LogP contribution in [-0.2, 0) is 19.1 Å². The van der Waals surface area contributed by atoms with Crippen LogP contribution >= 0.6 is 0 Å². The van der Waals surface area contributed by atoms with Gasteiger partial charge in [-0.25, -0.2) is 0 Å². The molecule has 1 aromatic carbocycles. The van der Waals surface area contributed by atoms with Gasteiger partial charge in [0.15, 0.2) is 5.41 Å². The molecule has 3 atom stereocenters. The monoisotopic (exact) mass is 378 g/mol. The summed E-state index contributed by atoms with van der Waals surface area (Å²) in [5, 5.41) is 23.3. The highest BCUT2D eigenvalue weighted by atomic mass is 16.6. The summed E-state index contributed by atoms with van der Waals surface area (Å²) in [5.41, 5.74) is -2.65. The summed E-state index contributed by atoms with van der Waals surface area (Å²) in [7, 11) is 2.07. The molecule has 27 heavy (non-hydrogen) atoms. The van der Waals surface area contributed by atoms with E-state index in [1.165, 1.54) is 24.3 Å². The highest BCUT2D eigenvalue weighted by Crippen LogP contribution is 2.56. The van der Waals surface area contributed by atoms with Crippen LogP contribution in [0.1, 0.15) is 17.9 Å². The smallest absolute Gasteiger partial charge is 0.324 e. The molecule has 144 valence electrons. The molecule has 0 aliphatic heterocycles. The summed E-state index contributed by atoms with van der Waals surface area (Å²) in [6.45, 7) is 3.55. The van der Waals surface area contributed by atoms with Crippen LogP contribution in [0.4, 0.5) is 5.69 Å². The fraction of sp³-hybridized carbons (Fsp3) is 0.412. The molecule has 10 heteroatoms.